The van der Waals surface area contributed by atoms with E-state index in [1.807, 2.05) is 11.8 Å². The Kier molecular flexibility index (Phi) is 6.87. The molecular weight excluding hydrogens is 280 g/mol. The standard InChI is InChI=1S/C17H28N2OS/c1-3-10-19(11-5-4-9-18)14-12-15-16(20-2)7-6-8-17(15)21-13-14/h6-8,14H,3-5,9-13,18H2,1-2H3. The van der Waals surface area contributed by atoms with Gasteiger partial charge in [-0.2, -0.15) is 0 Å². The van der Waals surface area contributed by atoms with Crippen molar-refractivity contribution in [1.82, 2.24) is 4.90 Å². The molecule has 4 heteroatoms. The van der Waals surface area contributed by atoms with Gasteiger partial charge in [-0.3, -0.25) is 4.90 Å². The molecule has 1 atom stereocenters. The summed E-state index contributed by atoms with van der Waals surface area (Å²) in [5.41, 5.74) is 7.02. The van der Waals surface area contributed by atoms with E-state index in [0.29, 0.717) is 6.04 Å². The van der Waals surface area contributed by atoms with Crippen LogP contribution in [0.15, 0.2) is 23.1 Å². The van der Waals surface area contributed by atoms with Crippen molar-refractivity contribution >= 4 is 11.8 Å². The zero-order valence-electron chi connectivity index (χ0n) is 13.3. The number of ether oxygens (including phenoxy) is 1. The quantitative estimate of drug-likeness (QED) is 0.749. The van der Waals surface area contributed by atoms with Gasteiger partial charge in [-0.1, -0.05) is 13.0 Å². The Hall–Kier alpha value is -0.710. The highest BCUT2D eigenvalue weighted by molar-refractivity contribution is 7.99. The third-order valence-corrected chi connectivity index (χ3v) is 5.35. The average molecular weight is 308 g/mol. The van der Waals surface area contributed by atoms with Gasteiger partial charge in [0.15, 0.2) is 0 Å². The van der Waals surface area contributed by atoms with Gasteiger partial charge in [0.1, 0.15) is 5.75 Å². The Morgan fingerprint density at radius 2 is 2.19 bits per heavy atom. The number of rotatable bonds is 8. The molecule has 1 aliphatic heterocycles. The van der Waals surface area contributed by atoms with Crippen molar-refractivity contribution in [3.8, 4) is 5.75 Å². The maximum absolute atomic E-state index is 5.63. The number of benzene rings is 1. The van der Waals surface area contributed by atoms with Crippen molar-refractivity contribution in [1.29, 1.82) is 0 Å². The summed E-state index contributed by atoms with van der Waals surface area (Å²) in [4.78, 5) is 4.04. The molecule has 2 N–H and O–H groups in total. The molecule has 1 aliphatic rings. The second-order valence-electron chi connectivity index (χ2n) is 5.64. The Labute approximate surface area is 133 Å². The summed E-state index contributed by atoms with van der Waals surface area (Å²) in [6, 6.07) is 7.02. The van der Waals surface area contributed by atoms with Crippen LogP contribution in [0.1, 0.15) is 31.7 Å². The third-order valence-electron chi connectivity index (χ3n) is 4.11. The highest BCUT2D eigenvalue weighted by Gasteiger charge is 2.26. The molecule has 0 fully saturated rings. The molecule has 0 aliphatic carbocycles. The zero-order valence-corrected chi connectivity index (χ0v) is 14.1. The van der Waals surface area contributed by atoms with E-state index in [1.54, 1.807) is 7.11 Å². The van der Waals surface area contributed by atoms with E-state index in [4.69, 9.17) is 10.5 Å². The van der Waals surface area contributed by atoms with Gasteiger partial charge in [0, 0.05) is 22.3 Å². The van der Waals surface area contributed by atoms with E-state index in [1.165, 1.54) is 42.1 Å². The van der Waals surface area contributed by atoms with Gasteiger partial charge >= 0.3 is 0 Å². The molecule has 21 heavy (non-hydrogen) atoms. The van der Waals surface area contributed by atoms with Gasteiger partial charge in [-0.05, 0) is 57.5 Å². The number of hydrogen-bond acceptors (Lipinski definition) is 4. The van der Waals surface area contributed by atoms with Crippen molar-refractivity contribution in [2.24, 2.45) is 5.73 Å². The molecule has 0 saturated carbocycles. The van der Waals surface area contributed by atoms with Crippen molar-refractivity contribution in [2.45, 2.75) is 43.5 Å². The van der Waals surface area contributed by atoms with Crippen LogP contribution >= 0.6 is 11.8 Å². The number of methoxy groups -OCH3 is 1. The Bertz CT molecular complexity index is 425. The highest BCUT2D eigenvalue weighted by atomic mass is 32.2. The summed E-state index contributed by atoms with van der Waals surface area (Å²) >= 11 is 1.97. The van der Waals surface area contributed by atoms with Gasteiger partial charge in [0.25, 0.3) is 0 Å². The Balaban J connectivity index is 2.06. The van der Waals surface area contributed by atoms with Gasteiger partial charge in [0.05, 0.1) is 7.11 Å². The van der Waals surface area contributed by atoms with E-state index in [0.717, 1.165) is 25.1 Å². The van der Waals surface area contributed by atoms with Crippen LogP contribution in [0.5, 0.6) is 5.75 Å². The smallest absolute Gasteiger partial charge is 0.123 e. The Morgan fingerprint density at radius 1 is 1.33 bits per heavy atom. The minimum atomic E-state index is 0.622. The van der Waals surface area contributed by atoms with Crippen LogP contribution in [-0.2, 0) is 6.42 Å². The normalized spacial score (nSPS) is 17.8. The summed E-state index contributed by atoms with van der Waals surface area (Å²) in [7, 11) is 1.77. The molecule has 2 rings (SSSR count). The van der Waals surface area contributed by atoms with Gasteiger partial charge < -0.3 is 10.5 Å². The van der Waals surface area contributed by atoms with Crippen LogP contribution in [0.25, 0.3) is 0 Å². The lowest BCUT2D eigenvalue weighted by molar-refractivity contribution is 0.204. The van der Waals surface area contributed by atoms with E-state index in [9.17, 15) is 0 Å². The SMILES string of the molecule is CCCN(CCCCN)C1CSc2cccc(OC)c2C1. The van der Waals surface area contributed by atoms with Crippen LogP contribution < -0.4 is 10.5 Å². The molecule has 1 heterocycles. The minimum absolute atomic E-state index is 0.622. The lowest BCUT2D eigenvalue weighted by atomic mass is 10.0. The number of thioether (sulfide) groups is 1. The molecule has 0 spiro atoms. The molecule has 0 amide bonds. The first-order chi connectivity index (χ1) is 10.3. The molecule has 1 unspecified atom stereocenters. The molecular formula is C17H28N2OS. The van der Waals surface area contributed by atoms with Crippen LogP contribution in [-0.4, -0.2) is 43.4 Å². The van der Waals surface area contributed by atoms with Crippen LogP contribution in [0, 0.1) is 0 Å². The van der Waals surface area contributed by atoms with Crippen molar-refractivity contribution < 1.29 is 4.74 Å². The van der Waals surface area contributed by atoms with Crippen LogP contribution in [0.3, 0.4) is 0 Å². The monoisotopic (exact) mass is 308 g/mol. The molecule has 0 aromatic heterocycles. The van der Waals surface area contributed by atoms with Crippen molar-refractivity contribution in [3.05, 3.63) is 23.8 Å². The van der Waals surface area contributed by atoms with E-state index in [2.05, 4.69) is 30.0 Å². The number of unbranched alkanes of at least 4 members (excludes halogenated alkanes) is 1. The maximum Gasteiger partial charge on any atom is 0.123 e. The van der Waals surface area contributed by atoms with Gasteiger partial charge in [0.2, 0.25) is 0 Å². The largest absolute Gasteiger partial charge is 0.496 e. The van der Waals surface area contributed by atoms with E-state index in [-0.39, 0.29) is 0 Å². The lowest BCUT2D eigenvalue weighted by Crippen LogP contribution is -2.41. The first kappa shape index (κ1) is 16.7. The van der Waals surface area contributed by atoms with Gasteiger partial charge in [-0.25, -0.2) is 0 Å². The number of nitrogens with two attached hydrogens (primary N) is 1. The molecule has 3 nitrogen and oxygen atoms in total. The fourth-order valence-corrected chi connectivity index (χ4v) is 4.25. The second-order valence-corrected chi connectivity index (χ2v) is 6.70. The molecule has 1 aromatic carbocycles. The Morgan fingerprint density at radius 3 is 2.90 bits per heavy atom. The van der Waals surface area contributed by atoms with Gasteiger partial charge in [-0.15, -0.1) is 11.8 Å². The predicted octanol–water partition coefficient (Wildman–Crippen LogP) is 3.16. The fraction of sp³-hybridized carbons (Fsp3) is 0.647. The molecule has 1 aromatic rings. The zero-order chi connectivity index (χ0) is 15.1. The fourth-order valence-electron chi connectivity index (χ4n) is 3.01. The average Bonchev–Trinajstić information content (AvgIpc) is 2.53. The summed E-state index contributed by atoms with van der Waals surface area (Å²) in [6.45, 7) is 5.41. The number of nitrogens with zero attached hydrogens (tertiary/aromatic N) is 1. The lowest BCUT2D eigenvalue weighted by Gasteiger charge is -2.35. The number of hydrogen-bond donors (Lipinski definition) is 1. The van der Waals surface area contributed by atoms with Crippen molar-refractivity contribution in [3.63, 3.8) is 0 Å². The van der Waals surface area contributed by atoms with E-state index < -0.39 is 0 Å². The molecule has 118 valence electrons. The van der Waals surface area contributed by atoms with Crippen LogP contribution in [0.2, 0.25) is 0 Å². The first-order valence-corrected chi connectivity index (χ1v) is 9.01. The molecule has 0 radical (unpaired) electrons. The van der Waals surface area contributed by atoms with E-state index >= 15 is 0 Å². The highest BCUT2D eigenvalue weighted by Crippen LogP contribution is 2.37. The summed E-state index contributed by atoms with van der Waals surface area (Å²) in [5.74, 6) is 2.23. The number of fused-ring (bicyclic) bond motifs is 1. The maximum atomic E-state index is 5.63. The molecule has 0 saturated heterocycles. The summed E-state index contributed by atoms with van der Waals surface area (Å²) in [5, 5.41) is 0. The minimum Gasteiger partial charge on any atom is -0.496 e. The second kappa shape index (κ2) is 8.66. The molecule has 0 bridgehead atoms. The van der Waals surface area contributed by atoms with Crippen LogP contribution in [0.4, 0.5) is 0 Å². The first-order valence-electron chi connectivity index (χ1n) is 8.03. The summed E-state index contributed by atoms with van der Waals surface area (Å²) < 4.78 is 5.55. The topological polar surface area (TPSA) is 38.5 Å². The predicted molar refractivity (Wildman–Crippen MR) is 91.4 cm³/mol. The third kappa shape index (κ3) is 4.38. The summed E-state index contributed by atoms with van der Waals surface area (Å²) in [6.07, 6.45) is 4.65. The van der Waals surface area contributed by atoms with Crippen molar-refractivity contribution in [2.75, 3.05) is 32.5 Å².